The lowest BCUT2D eigenvalue weighted by Gasteiger charge is -2.14. The van der Waals surface area contributed by atoms with Crippen molar-refractivity contribution in [2.75, 3.05) is 11.9 Å². The Morgan fingerprint density at radius 3 is 2.91 bits per heavy atom. The molecule has 0 bridgehead atoms. The number of thioether (sulfide) groups is 1. The number of rotatable bonds is 8. The number of carbonyl (C=O) groups excluding carboxylic acids is 2. The number of hydrogen-bond acceptors (Lipinski definition) is 7. The quantitative estimate of drug-likeness (QED) is 0.152. The Hall–Kier alpha value is -2.68. The molecule has 2 heterocycles. The number of aliphatic imine (C=N–C) groups is 1. The SMILES string of the molecule is CCOC(=O)c1c(NC(=O)[C@H](C)Sc2cccc(N=Cc3cccnc3Cl)c2)sc2c1CCCC2. The highest BCUT2D eigenvalue weighted by Crippen LogP contribution is 2.39. The molecule has 1 N–H and O–H groups in total. The van der Waals surface area contributed by atoms with Crippen LogP contribution >= 0.6 is 34.7 Å². The van der Waals surface area contributed by atoms with Crippen LogP contribution in [-0.2, 0) is 22.4 Å². The van der Waals surface area contributed by atoms with Gasteiger partial charge in [-0.2, -0.15) is 0 Å². The maximum absolute atomic E-state index is 13.1. The maximum Gasteiger partial charge on any atom is 0.341 e. The van der Waals surface area contributed by atoms with Crippen molar-refractivity contribution in [1.29, 1.82) is 0 Å². The van der Waals surface area contributed by atoms with Gasteiger partial charge in [0.2, 0.25) is 5.91 Å². The highest BCUT2D eigenvalue weighted by atomic mass is 35.5. The van der Waals surface area contributed by atoms with Gasteiger partial charge in [0.25, 0.3) is 0 Å². The van der Waals surface area contributed by atoms with Gasteiger partial charge >= 0.3 is 5.97 Å². The number of carbonyl (C=O) groups is 2. The molecule has 182 valence electrons. The number of aryl methyl sites for hydroxylation is 1. The van der Waals surface area contributed by atoms with Crippen LogP contribution in [0.1, 0.15) is 53.1 Å². The minimum Gasteiger partial charge on any atom is -0.462 e. The molecule has 0 saturated heterocycles. The van der Waals surface area contributed by atoms with E-state index in [9.17, 15) is 9.59 Å². The number of thiophene rings is 1. The first kappa shape index (κ1) is 25.4. The fourth-order valence-electron chi connectivity index (χ4n) is 3.82. The predicted molar refractivity (Wildman–Crippen MR) is 144 cm³/mol. The van der Waals surface area contributed by atoms with Gasteiger partial charge in [-0.3, -0.25) is 9.79 Å². The lowest BCUT2D eigenvalue weighted by Crippen LogP contribution is -2.23. The fraction of sp³-hybridized carbons (Fsp3) is 0.308. The monoisotopic (exact) mass is 527 g/mol. The largest absolute Gasteiger partial charge is 0.462 e. The van der Waals surface area contributed by atoms with E-state index in [1.165, 1.54) is 28.0 Å². The van der Waals surface area contributed by atoms with E-state index in [0.29, 0.717) is 22.3 Å². The van der Waals surface area contributed by atoms with Crippen molar-refractivity contribution >= 4 is 63.5 Å². The van der Waals surface area contributed by atoms with Crippen LogP contribution in [0.25, 0.3) is 0 Å². The molecule has 2 aromatic heterocycles. The number of anilines is 1. The van der Waals surface area contributed by atoms with E-state index in [2.05, 4.69) is 15.3 Å². The minimum absolute atomic E-state index is 0.157. The van der Waals surface area contributed by atoms with E-state index in [1.807, 2.05) is 37.3 Å². The highest BCUT2D eigenvalue weighted by Gasteiger charge is 2.28. The summed E-state index contributed by atoms with van der Waals surface area (Å²) in [4.78, 5) is 36.4. The number of benzene rings is 1. The van der Waals surface area contributed by atoms with Crippen LogP contribution in [0.5, 0.6) is 0 Å². The molecule has 1 atom stereocenters. The summed E-state index contributed by atoms with van der Waals surface area (Å²) < 4.78 is 5.29. The number of hydrogen-bond donors (Lipinski definition) is 1. The molecule has 1 aromatic carbocycles. The van der Waals surface area contributed by atoms with Crippen LogP contribution in [-0.4, -0.2) is 34.9 Å². The van der Waals surface area contributed by atoms with Gasteiger partial charge in [0.1, 0.15) is 10.2 Å². The van der Waals surface area contributed by atoms with E-state index in [1.54, 1.807) is 25.4 Å². The molecule has 1 aliphatic carbocycles. The van der Waals surface area contributed by atoms with Crippen molar-refractivity contribution in [2.24, 2.45) is 4.99 Å². The van der Waals surface area contributed by atoms with Crippen molar-refractivity contribution in [2.45, 2.75) is 49.7 Å². The third kappa shape index (κ3) is 6.31. The Kier molecular flexibility index (Phi) is 8.59. The summed E-state index contributed by atoms with van der Waals surface area (Å²) in [6.07, 6.45) is 7.22. The molecule has 35 heavy (non-hydrogen) atoms. The van der Waals surface area contributed by atoms with Crippen LogP contribution in [0.3, 0.4) is 0 Å². The Morgan fingerprint density at radius 2 is 2.11 bits per heavy atom. The van der Waals surface area contributed by atoms with Gasteiger partial charge in [0.05, 0.1) is 23.1 Å². The van der Waals surface area contributed by atoms with Crippen LogP contribution in [0.2, 0.25) is 5.15 Å². The number of aromatic nitrogens is 1. The second kappa shape index (κ2) is 11.8. The first-order valence-electron chi connectivity index (χ1n) is 11.5. The summed E-state index contributed by atoms with van der Waals surface area (Å²) in [5.41, 5.74) is 3.05. The highest BCUT2D eigenvalue weighted by molar-refractivity contribution is 8.00. The lowest BCUT2D eigenvalue weighted by atomic mass is 9.95. The molecule has 9 heteroatoms. The number of fused-ring (bicyclic) bond motifs is 1. The van der Waals surface area contributed by atoms with E-state index in [0.717, 1.165) is 47.4 Å². The van der Waals surface area contributed by atoms with E-state index in [4.69, 9.17) is 16.3 Å². The normalized spacial score (nSPS) is 13.9. The Morgan fingerprint density at radius 1 is 1.29 bits per heavy atom. The third-order valence-electron chi connectivity index (χ3n) is 5.53. The molecule has 0 radical (unpaired) electrons. The summed E-state index contributed by atoms with van der Waals surface area (Å²) >= 11 is 9.03. The zero-order valence-corrected chi connectivity index (χ0v) is 21.9. The summed E-state index contributed by atoms with van der Waals surface area (Å²) in [5.74, 6) is -0.517. The van der Waals surface area contributed by atoms with Gasteiger partial charge in [-0.25, -0.2) is 9.78 Å². The lowest BCUT2D eigenvalue weighted by molar-refractivity contribution is -0.115. The molecular weight excluding hydrogens is 502 g/mol. The topological polar surface area (TPSA) is 80.6 Å². The van der Waals surface area contributed by atoms with Crippen LogP contribution < -0.4 is 5.32 Å². The number of ether oxygens (including phenoxy) is 1. The van der Waals surface area contributed by atoms with Crippen molar-refractivity contribution in [3.05, 3.63) is 69.3 Å². The van der Waals surface area contributed by atoms with E-state index >= 15 is 0 Å². The molecule has 0 fully saturated rings. The zero-order valence-electron chi connectivity index (χ0n) is 19.5. The van der Waals surface area contributed by atoms with E-state index < -0.39 is 0 Å². The average molecular weight is 528 g/mol. The molecule has 6 nitrogen and oxygen atoms in total. The molecule has 3 aromatic rings. The van der Waals surface area contributed by atoms with Crippen molar-refractivity contribution in [3.63, 3.8) is 0 Å². The van der Waals surface area contributed by atoms with Gasteiger partial charge in [-0.1, -0.05) is 17.7 Å². The number of amides is 1. The molecule has 0 aliphatic heterocycles. The Labute approximate surface area is 218 Å². The third-order valence-corrected chi connectivity index (χ3v) is 8.14. The number of pyridine rings is 1. The van der Waals surface area contributed by atoms with E-state index in [-0.39, 0.29) is 17.1 Å². The second-order valence-corrected chi connectivity index (χ2v) is 10.9. The standard InChI is InChI=1S/C26H26ClN3O3S2/c1-3-33-26(32)22-20-11-4-5-12-21(20)35-25(22)30-24(31)16(2)34-19-10-6-9-18(14-19)29-15-17-8-7-13-28-23(17)27/h6-10,13-16H,3-5,11-12H2,1-2H3,(H,30,31)/t16-/m0/s1. The summed E-state index contributed by atoms with van der Waals surface area (Å²) in [6.45, 7) is 3.94. The number of nitrogens with zero attached hydrogens (tertiary/aromatic N) is 2. The molecular formula is C26H26ClN3O3S2. The zero-order chi connectivity index (χ0) is 24.8. The molecule has 0 saturated carbocycles. The Bertz CT molecular complexity index is 1260. The molecule has 1 aliphatic rings. The van der Waals surface area contributed by atoms with Crippen molar-refractivity contribution < 1.29 is 14.3 Å². The fourth-order valence-corrected chi connectivity index (χ4v) is 6.19. The first-order chi connectivity index (χ1) is 17.0. The summed E-state index contributed by atoms with van der Waals surface area (Å²) in [5, 5.41) is 3.61. The second-order valence-electron chi connectivity index (χ2n) is 8.02. The van der Waals surface area contributed by atoms with Crippen molar-refractivity contribution in [3.8, 4) is 0 Å². The van der Waals surface area contributed by atoms with Crippen molar-refractivity contribution in [1.82, 2.24) is 4.98 Å². The summed E-state index contributed by atoms with van der Waals surface area (Å²) in [6, 6.07) is 11.3. The molecule has 4 rings (SSSR count). The number of esters is 1. The van der Waals surface area contributed by atoms with Gasteiger partial charge in [0, 0.05) is 27.7 Å². The van der Waals surface area contributed by atoms with Gasteiger partial charge in [-0.15, -0.1) is 23.1 Å². The molecule has 0 spiro atoms. The first-order valence-corrected chi connectivity index (χ1v) is 13.6. The van der Waals surface area contributed by atoms with Crippen LogP contribution in [0, 0.1) is 0 Å². The molecule has 1 amide bonds. The smallest absolute Gasteiger partial charge is 0.341 e. The number of halogens is 1. The maximum atomic E-state index is 13.1. The van der Waals surface area contributed by atoms with Gasteiger partial charge < -0.3 is 10.1 Å². The summed E-state index contributed by atoms with van der Waals surface area (Å²) in [7, 11) is 0. The van der Waals surface area contributed by atoms with Crippen LogP contribution in [0.15, 0.2) is 52.5 Å². The minimum atomic E-state index is -0.379. The number of nitrogens with one attached hydrogen (secondary N) is 1. The molecule has 0 unspecified atom stereocenters. The average Bonchev–Trinajstić information content (AvgIpc) is 3.21. The van der Waals surface area contributed by atoms with Gasteiger partial charge in [-0.05, 0) is 75.4 Å². The van der Waals surface area contributed by atoms with Crippen LogP contribution in [0.4, 0.5) is 10.7 Å². The predicted octanol–water partition coefficient (Wildman–Crippen LogP) is 6.72. The van der Waals surface area contributed by atoms with Gasteiger partial charge in [0.15, 0.2) is 0 Å². The Balaban J connectivity index is 1.46.